The number of fused-ring (bicyclic) bond motifs is 1. The summed E-state index contributed by atoms with van der Waals surface area (Å²) in [5, 5.41) is 29.4. The standard InChI is InChI=1S/C15H10N10/c1-9(4-16)22-12-3-14(19-8-13(12)23-24-18)25-15-11(7-21-25)2-10(5-17)6-20-15/h2-3,6-9H,1H3,(H,19,22)/t9-/m1/s1. The molecule has 0 radical (unpaired) electrons. The van der Waals surface area contributed by atoms with Crippen LogP contribution in [0, 0.1) is 22.7 Å². The van der Waals surface area contributed by atoms with Gasteiger partial charge in [0.05, 0.1) is 29.2 Å². The number of nitriles is 2. The molecule has 0 aliphatic carbocycles. The molecule has 0 fully saturated rings. The zero-order chi connectivity index (χ0) is 17.8. The van der Waals surface area contributed by atoms with Crippen molar-refractivity contribution in [3.63, 3.8) is 0 Å². The van der Waals surface area contributed by atoms with Crippen molar-refractivity contribution in [2.75, 3.05) is 5.32 Å². The quantitative estimate of drug-likeness (QED) is 0.441. The van der Waals surface area contributed by atoms with Gasteiger partial charge >= 0.3 is 0 Å². The van der Waals surface area contributed by atoms with Crippen molar-refractivity contribution in [3.05, 3.63) is 46.7 Å². The third kappa shape index (κ3) is 3.01. The summed E-state index contributed by atoms with van der Waals surface area (Å²) in [4.78, 5) is 11.2. The molecule has 0 unspecified atom stereocenters. The largest absolute Gasteiger partial charge is 0.370 e. The molecular formula is C15H10N10. The van der Waals surface area contributed by atoms with Gasteiger partial charge in [0.25, 0.3) is 0 Å². The highest BCUT2D eigenvalue weighted by Crippen LogP contribution is 2.27. The fourth-order valence-corrected chi connectivity index (χ4v) is 2.21. The summed E-state index contributed by atoms with van der Waals surface area (Å²) in [6.45, 7) is 1.67. The van der Waals surface area contributed by atoms with Crippen LogP contribution in [-0.2, 0) is 0 Å². The third-order valence-electron chi connectivity index (χ3n) is 3.34. The van der Waals surface area contributed by atoms with Crippen LogP contribution in [0.1, 0.15) is 12.5 Å². The van der Waals surface area contributed by atoms with E-state index in [9.17, 15) is 0 Å². The molecule has 3 aromatic rings. The maximum Gasteiger partial charge on any atom is 0.164 e. The Hall–Kier alpha value is -4.14. The number of rotatable bonds is 4. The van der Waals surface area contributed by atoms with Crippen LogP contribution in [0.4, 0.5) is 11.4 Å². The van der Waals surface area contributed by atoms with Crippen LogP contribution in [0.25, 0.3) is 27.3 Å². The molecule has 0 saturated heterocycles. The molecule has 0 aliphatic rings. The fourth-order valence-electron chi connectivity index (χ4n) is 2.21. The van der Waals surface area contributed by atoms with Gasteiger partial charge in [-0.25, -0.2) is 9.97 Å². The number of aromatic nitrogens is 4. The molecule has 0 spiro atoms. The van der Waals surface area contributed by atoms with E-state index in [2.05, 4.69) is 30.4 Å². The summed E-state index contributed by atoms with van der Waals surface area (Å²) in [6, 6.07) is 6.87. The van der Waals surface area contributed by atoms with Crippen LogP contribution in [-0.4, -0.2) is 25.8 Å². The Kier molecular flexibility index (Phi) is 4.12. The molecule has 3 rings (SSSR count). The summed E-state index contributed by atoms with van der Waals surface area (Å²) in [5.74, 6) is 0.428. The van der Waals surface area contributed by atoms with E-state index < -0.39 is 6.04 Å². The van der Waals surface area contributed by atoms with Crippen LogP contribution in [0.2, 0.25) is 0 Å². The van der Waals surface area contributed by atoms with Crippen LogP contribution in [0.3, 0.4) is 0 Å². The SMILES string of the molecule is C[C@H](C#N)Nc1cc(-n2ncc3cc(C#N)cnc32)ncc1N=[N+]=[N-]. The van der Waals surface area contributed by atoms with Gasteiger partial charge in [-0.15, -0.1) is 0 Å². The van der Waals surface area contributed by atoms with Gasteiger partial charge in [0.1, 0.15) is 12.1 Å². The minimum atomic E-state index is -0.492. The van der Waals surface area contributed by atoms with E-state index >= 15 is 0 Å². The second-order valence-corrected chi connectivity index (χ2v) is 5.05. The number of pyridine rings is 2. The zero-order valence-corrected chi connectivity index (χ0v) is 13.0. The van der Waals surface area contributed by atoms with Crippen LogP contribution in [0.5, 0.6) is 0 Å². The van der Waals surface area contributed by atoms with Gasteiger partial charge in [0, 0.05) is 28.8 Å². The van der Waals surface area contributed by atoms with E-state index in [1.54, 1.807) is 25.3 Å². The normalized spacial score (nSPS) is 11.2. The molecule has 120 valence electrons. The second kappa shape index (κ2) is 6.54. The van der Waals surface area contributed by atoms with Crippen molar-refractivity contribution in [1.29, 1.82) is 10.5 Å². The predicted molar refractivity (Wildman–Crippen MR) is 88.9 cm³/mol. The van der Waals surface area contributed by atoms with Gasteiger partial charge in [0.15, 0.2) is 11.5 Å². The van der Waals surface area contributed by atoms with Crippen LogP contribution in [0.15, 0.2) is 35.8 Å². The summed E-state index contributed by atoms with van der Waals surface area (Å²) in [6.07, 6.45) is 4.42. The molecule has 1 N–H and O–H groups in total. The molecule has 0 amide bonds. The Morgan fingerprint density at radius 1 is 1.28 bits per heavy atom. The highest BCUT2D eigenvalue weighted by Gasteiger charge is 2.12. The molecular weight excluding hydrogens is 320 g/mol. The van der Waals surface area contributed by atoms with Gasteiger partial charge in [-0.3, -0.25) is 0 Å². The Morgan fingerprint density at radius 2 is 2.12 bits per heavy atom. The zero-order valence-electron chi connectivity index (χ0n) is 13.0. The molecule has 10 nitrogen and oxygen atoms in total. The van der Waals surface area contributed by atoms with Gasteiger partial charge in [-0.05, 0) is 18.5 Å². The second-order valence-electron chi connectivity index (χ2n) is 5.05. The Balaban J connectivity index is 2.12. The van der Waals surface area contributed by atoms with E-state index in [-0.39, 0.29) is 5.69 Å². The topological polar surface area (TPSA) is 152 Å². The first-order valence-electron chi connectivity index (χ1n) is 7.12. The first-order valence-corrected chi connectivity index (χ1v) is 7.12. The predicted octanol–water partition coefficient (Wildman–Crippen LogP) is 2.95. The first kappa shape index (κ1) is 15.7. The lowest BCUT2D eigenvalue weighted by molar-refractivity contribution is 0.862. The molecule has 0 aromatic carbocycles. The van der Waals surface area contributed by atoms with Crippen LogP contribution >= 0.6 is 0 Å². The number of nitrogens with zero attached hydrogens (tertiary/aromatic N) is 9. The average molecular weight is 330 g/mol. The van der Waals surface area contributed by atoms with E-state index in [4.69, 9.17) is 16.1 Å². The van der Waals surface area contributed by atoms with Gasteiger partial charge in [0.2, 0.25) is 0 Å². The number of anilines is 1. The maximum absolute atomic E-state index is 8.98. The van der Waals surface area contributed by atoms with E-state index in [0.29, 0.717) is 28.1 Å². The Labute approximate surface area is 141 Å². The molecule has 25 heavy (non-hydrogen) atoms. The molecule has 0 saturated carbocycles. The Morgan fingerprint density at radius 3 is 2.84 bits per heavy atom. The van der Waals surface area contributed by atoms with Crippen molar-refractivity contribution in [3.8, 4) is 18.0 Å². The molecule has 3 aromatic heterocycles. The third-order valence-corrected chi connectivity index (χ3v) is 3.34. The van der Waals surface area contributed by atoms with Crippen molar-refractivity contribution >= 4 is 22.4 Å². The van der Waals surface area contributed by atoms with Crippen molar-refractivity contribution < 1.29 is 0 Å². The summed E-state index contributed by atoms with van der Waals surface area (Å²) >= 11 is 0. The smallest absolute Gasteiger partial charge is 0.164 e. The minimum absolute atomic E-state index is 0.268. The van der Waals surface area contributed by atoms with E-state index in [1.165, 1.54) is 17.1 Å². The number of hydrogen-bond acceptors (Lipinski definition) is 7. The summed E-state index contributed by atoms with van der Waals surface area (Å²) < 4.78 is 1.50. The van der Waals surface area contributed by atoms with Gasteiger partial charge in [-0.2, -0.15) is 20.3 Å². The van der Waals surface area contributed by atoms with Crippen molar-refractivity contribution in [2.24, 2.45) is 5.11 Å². The molecule has 3 heterocycles. The van der Waals surface area contributed by atoms with E-state index in [0.717, 1.165) is 0 Å². The molecule has 0 bridgehead atoms. The van der Waals surface area contributed by atoms with E-state index in [1.807, 2.05) is 12.1 Å². The first-order chi connectivity index (χ1) is 12.2. The highest BCUT2D eigenvalue weighted by molar-refractivity contribution is 5.78. The Bertz CT molecular complexity index is 1080. The monoisotopic (exact) mass is 330 g/mol. The van der Waals surface area contributed by atoms with Crippen LogP contribution < -0.4 is 5.32 Å². The van der Waals surface area contributed by atoms with Crippen molar-refractivity contribution in [1.82, 2.24) is 19.7 Å². The number of azide groups is 1. The summed E-state index contributed by atoms with van der Waals surface area (Å²) in [5.41, 5.74) is 10.3. The fraction of sp³-hybridized carbons (Fsp3) is 0.133. The molecule has 0 aliphatic heterocycles. The summed E-state index contributed by atoms with van der Waals surface area (Å²) in [7, 11) is 0. The minimum Gasteiger partial charge on any atom is -0.370 e. The molecule has 10 heteroatoms. The van der Waals surface area contributed by atoms with Gasteiger partial charge < -0.3 is 5.32 Å². The number of hydrogen-bond donors (Lipinski definition) is 1. The number of nitrogens with one attached hydrogen (secondary N) is 1. The lowest BCUT2D eigenvalue weighted by Gasteiger charge is -2.12. The maximum atomic E-state index is 8.98. The lowest BCUT2D eigenvalue weighted by Crippen LogP contribution is -2.13. The highest BCUT2D eigenvalue weighted by atomic mass is 15.3. The average Bonchev–Trinajstić information content (AvgIpc) is 3.06. The van der Waals surface area contributed by atoms with Crippen molar-refractivity contribution in [2.45, 2.75) is 13.0 Å². The lowest BCUT2D eigenvalue weighted by atomic mass is 10.2. The van der Waals surface area contributed by atoms with Gasteiger partial charge in [-0.1, -0.05) is 5.11 Å². The molecule has 1 atom stereocenters.